The molecule has 2 heterocycles. The maximum atomic E-state index is 12.1. The standard InChI is InChI=1S/C13H23NO3/c1-12(2,3)13-7-4-5-10(6-8-13)14(13)11(16)17-9-15/h10,15H,4-9H2,1-3H3. The summed E-state index contributed by atoms with van der Waals surface area (Å²) in [5.74, 6) is 0. The van der Waals surface area contributed by atoms with Crippen LogP contribution in [0.1, 0.15) is 52.9 Å². The topological polar surface area (TPSA) is 49.8 Å². The maximum Gasteiger partial charge on any atom is 0.412 e. The van der Waals surface area contributed by atoms with Gasteiger partial charge in [-0.05, 0) is 37.5 Å². The van der Waals surface area contributed by atoms with E-state index in [2.05, 4.69) is 20.8 Å². The van der Waals surface area contributed by atoms with Gasteiger partial charge in [0.05, 0.1) is 5.54 Å². The molecule has 2 unspecified atom stereocenters. The fourth-order valence-corrected chi connectivity index (χ4v) is 3.71. The molecule has 4 nitrogen and oxygen atoms in total. The third-order valence-electron chi connectivity index (χ3n) is 4.63. The van der Waals surface area contributed by atoms with Crippen molar-refractivity contribution in [3.8, 4) is 0 Å². The molecular formula is C13H23NO3. The van der Waals surface area contributed by atoms with Crippen molar-refractivity contribution in [2.75, 3.05) is 6.79 Å². The number of carbonyl (C=O) groups is 1. The summed E-state index contributed by atoms with van der Waals surface area (Å²) in [6.07, 6.45) is 5.08. The molecular weight excluding hydrogens is 218 g/mol. The minimum atomic E-state index is -0.526. The van der Waals surface area contributed by atoms with Crippen LogP contribution in [0.4, 0.5) is 4.79 Å². The maximum absolute atomic E-state index is 12.1. The number of hydrogen-bond donors (Lipinski definition) is 1. The predicted molar refractivity (Wildman–Crippen MR) is 64.5 cm³/mol. The van der Waals surface area contributed by atoms with Crippen molar-refractivity contribution in [1.82, 2.24) is 4.90 Å². The number of rotatable bonds is 1. The van der Waals surface area contributed by atoms with Crippen LogP contribution < -0.4 is 0 Å². The van der Waals surface area contributed by atoms with Crippen molar-refractivity contribution >= 4 is 6.09 Å². The molecule has 2 saturated heterocycles. The normalized spacial score (nSPS) is 32.7. The van der Waals surface area contributed by atoms with Gasteiger partial charge in [-0.3, -0.25) is 4.90 Å². The minimum absolute atomic E-state index is 0.0522. The highest BCUT2D eigenvalue weighted by Crippen LogP contribution is 2.53. The molecule has 17 heavy (non-hydrogen) atoms. The zero-order valence-corrected chi connectivity index (χ0v) is 11.0. The van der Waals surface area contributed by atoms with Crippen LogP contribution in [0.15, 0.2) is 0 Å². The number of aliphatic hydroxyl groups is 1. The monoisotopic (exact) mass is 241 g/mol. The Morgan fingerprint density at radius 1 is 1.41 bits per heavy atom. The molecule has 98 valence electrons. The third-order valence-corrected chi connectivity index (χ3v) is 4.63. The highest BCUT2D eigenvalue weighted by atomic mass is 16.6. The van der Waals surface area contributed by atoms with Gasteiger partial charge in [-0.1, -0.05) is 20.8 Å². The number of aliphatic hydroxyl groups excluding tert-OH is 1. The first-order valence-electron chi connectivity index (χ1n) is 6.49. The minimum Gasteiger partial charge on any atom is -0.422 e. The Hall–Kier alpha value is -0.770. The van der Waals surface area contributed by atoms with Crippen LogP contribution in [0.3, 0.4) is 0 Å². The van der Waals surface area contributed by atoms with Gasteiger partial charge >= 0.3 is 6.09 Å². The Labute approximate surface area is 103 Å². The van der Waals surface area contributed by atoms with Gasteiger partial charge < -0.3 is 9.84 Å². The van der Waals surface area contributed by atoms with Crippen LogP contribution in [0.2, 0.25) is 0 Å². The molecule has 0 aromatic heterocycles. The van der Waals surface area contributed by atoms with Crippen LogP contribution in [-0.4, -0.2) is 34.5 Å². The highest BCUT2D eigenvalue weighted by molar-refractivity contribution is 5.70. The van der Waals surface area contributed by atoms with E-state index >= 15 is 0 Å². The average Bonchev–Trinajstić information content (AvgIpc) is 2.46. The molecule has 0 saturated carbocycles. The Bertz CT molecular complexity index is 306. The van der Waals surface area contributed by atoms with E-state index in [0.29, 0.717) is 6.04 Å². The van der Waals surface area contributed by atoms with Gasteiger partial charge in [0.1, 0.15) is 0 Å². The summed E-state index contributed by atoms with van der Waals surface area (Å²) in [6.45, 7) is 6.06. The largest absolute Gasteiger partial charge is 0.422 e. The van der Waals surface area contributed by atoms with Crippen molar-refractivity contribution in [2.24, 2.45) is 5.41 Å². The molecule has 4 heteroatoms. The molecule has 2 fully saturated rings. The summed E-state index contributed by atoms with van der Waals surface area (Å²) in [6, 6.07) is 0.307. The summed E-state index contributed by atoms with van der Waals surface area (Å²) in [5.41, 5.74) is -0.0290. The number of carbonyl (C=O) groups excluding carboxylic acids is 1. The fraction of sp³-hybridized carbons (Fsp3) is 0.923. The number of amides is 1. The van der Waals surface area contributed by atoms with Gasteiger partial charge in [-0.2, -0.15) is 0 Å². The summed E-state index contributed by atoms with van der Waals surface area (Å²) < 4.78 is 4.82. The third kappa shape index (κ3) is 1.82. The van der Waals surface area contributed by atoms with E-state index in [1.807, 2.05) is 4.90 Å². The molecule has 2 aliphatic heterocycles. The lowest BCUT2D eigenvalue weighted by molar-refractivity contribution is -0.0459. The number of nitrogens with zero attached hydrogens (tertiary/aromatic N) is 1. The lowest BCUT2D eigenvalue weighted by atomic mass is 9.68. The molecule has 2 rings (SSSR count). The molecule has 1 N–H and O–H groups in total. The average molecular weight is 241 g/mol. The Morgan fingerprint density at radius 2 is 2.12 bits per heavy atom. The molecule has 2 bridgehead atoms. The van der Waals surface area contributed by atoms with E-state index < -0.39 is 6.79 Å². The zero-order chi connectivity index (χ0) is 12.7. The van der Waals surface area contributed by atoms with Crippen LogP contribution in [-0.2, 0) is 4.74 Å². The van der Waals surface area contributed by atoms with Crippen molar-refractivity contribution < 1.29 is 14.6 Å². The van der Waals surface area contributed by atoms with E-state index in [9.17, 15) is 4.79 Å². The van der Waals surface area contributed by atoms with E-state index in [0.717, 1.165) is 25.7 Å². The van der Waals surface area contributed by atoms with Crippen molar-refractivity contribution in [2.45, 2.75) is 64.5 Å². The molecule has 1 amide bonds. The fourth-order valence-electron chi connectivity index (χ4n) is 3.71. The second-order valence-corrected chi connectivity index (χ2v) is 6.28. The van der Waals surface area contributed by atoms with Crippen LogP contribution in [0, 0.1) is 5.41 Å². The lowest BCUT2D eigenvalue weighted by Crippen LogP contribution is -2.59. The van der Waals surface area contributed by atoms with E-state index in [-0.39, 0.29) is 17.0 Å². The molecule has 0 radical (unpaired) electrons. The van der Waals surface area contributed by atoms with Crippen molar-refractivity contribution in [1.29, 1.82) is 0 Å². The van der Waals surface area contributed by atoms with Gasteiger partial charge in [0.15, 0.2) is 6.79 Å². The van der Waals surface area contributed by atoms with Gasteiger partial charge in [-0.15, -0.1) is 0 Å². The summed E-state index contributed by atoms with van der Waals surface area (Å²) >= 11 is 0. The number of piperidine rings is 1. The smallest absolute Gasteiger partial charge is 0.412 e. The predicted octanol–water partition coefficient (Wildman–Crippen LogP) is 2.51. The molecule has 0 spiro atoms. The Kier molecular flexibility index (Phi) is 3.10. The number of ether oxygens (including phenoxy) is 1. The lowest BCUT2D eigenvalue weighted by Gasteiger charge is -2.51. The second-order valence-electron chi connectivity index (χ2n) is 6.28. The first kappa shape index (κ1) is 12.7. The van der Waals surface area contributed by atoms with Crippen LogP contribution in [0.25, 0.3) is 0 Å². The van der Waals surface area contributed by atoms with Gasteiger partial charge in [0, 0.05) is 6.04 Å². The quantitative estimate of drug-likeness (QED) is 0.718. The van der Waals surface area contributed by atoms with Crippen LogP contribution >= 0.6 is 0 Å². The van der Waals surface area contributed by atoms with E-state index in [1.54, 1.807) is 0 Å². The van der Waals surface area contributed by atoms with E-state index in [4.69, 9.17) is 9.84 Å². The molecule has 0 aromatic carbocycles. The number of hydrogen-bond acceptors (Lipinski definition) is 3. The molecule has 0 aliphatic carbocycles. The summed E-state index contributed by atoms with van der Waals surface area (Å²) in [5, 5.41) is 8.78. The molecule has 2 atom stereocenters. The Morgan fingerprint density at radius 3 is 2.71 bits per heavy atom. The summed E-state index contributed by atoms with van der Waals surface area (Å²) in [4.78, 5) is 14.0. The number of fused-ring (bicyclic) bond motifs is 2. The van der Waals surface area contributed by atoms with Crippen molar-refractivity contribution in [3.63, 3.8) is 0 Å². The zero-order valence-electron chi connectivity index (χ0n) is 11.0. The van der Waals surface area contributed by atoms with Gasteiger partial charge in [0.2, 0.25) is 0 Å². The second kappa shape index (κ2) is 4.16. The van der Waals surface area contributed by atoms with Gasteiger partial charge in [-0.25, -0.2) is 4.79 Å². The first-order valence-corrected chi connectivity index (χ1v) is 6.49. The first-order chi connectivity index (χ1) is 7.92. The molecule has 2 aliphatic rings. The summed E-state index contributed by atoms with van der Waals surface area (Å²) in [7, 11) is 0. The Balaban J connectivity index is 2.31. The highest BCUT2D eigenvalue weighted by Gasteiger charge is 2.57. The van der Waals surface area contributed by atoms with E-state index in [1.165, 1.54) is 6.42 Å². The van der Waals surface area contributed by atoms with Crippen molar-refractivity contribution in [3.05, 3.63) is 0 Å². The van der Waals surface area contributed by atoms with Crippen LogP contribution in [0.5, 0.6) is 0 Å². The van der Waals surface area contributed by atoms with Gasteiger partial charge in [0.25, 0.3) is 0 Å². The SMILES string of the molecule is CC(C)(C)C12CCCC(CC1)N2C(=O)OCO. The molecule has 0 aromatic rings.